The minimum Gasteiger partial charge on any atom is -0.476 e. The van der Waals surface area contributed by atoms with Crippen molar-refractivity contribution < 1.29 is 17.9 Å². The number of nitrogens with one attached hydrogen (secondary N) is 1. The van der Waals surface area contributed by atoms with Crippen molar-refractivity contribution in [3.8, 4) is 11.7 Å². The fourth-order valence-corrected chi connectivity index (χ4v) is 5.23. The van der Waals surface area contributed by atoms with Gasteiger partial charge in [-0.2, -0.15) is 0 Å². The quantitative estimate of drug-likeness (QED) is 0.451. The van der Waals surface area contributed by atoms with Crippen molar-refractivity contribution >= 4 is 27.6 Å². The SMILES string of the molecule is CC(C)COc1ccn(-c2ccc(C(=O)NS(=O)(=O)c3cccnc3N)c(N3CCC(C)C3(C)C)n2)n1. The van der Waals surface area contributed by atoms with Crippen LogP contribution in [0.5, 0.6) is 5.88 Å². The van der Waals surface area contributed by atoms with Crippen molar-refractivity contribution in [3.05, 3.63) is 48.3 Å². The molecule has 3 N–H and O–H groups in total. The highest BCUT2D eigenvalue weighted by Crippen LogP contribution is 2.39. The van der Waals surface area contributed by atoms with Gasteiger partial charge in [-0.3, -0.25) is 4.79 Å². The minimum absolute atomic E-state index is 0.125. The van der Waals surface area contributed by atoms with Gasteiger partial charge in [-0.25, -0.2) is 27.8 Å². The van der Waals surface area contributed by atoms with Crippen LogP contribution in [0.4, 0.5) is 11.6 Å². The molecule has 1 atom stereocenters. The highest BCUT2D eigenvalue weighted by molar-refractivity contribution is 7.90. The fraction of sp³-hybridized carbons (Fsp3) is 0.440. The molecule has 1 fully saturated rings. The molecule has 4 rings (SSSR count). The van der Waals surface area contributed by atoms with E-state index in [0.29, 0.717) is 42.5 Å². The highest BCUT2D eigenvalue weighted by Gasteiger charge is 2.41. The lowest BCUT2D eigenvalue weighted by molar-refractivity contribution is 0.0981. The molecule has 12 heteroatoms. The number of carbonyl (C=O) groups is 1. The van der Waals surface area contributed by atoms with Gasteiger partial charge in [-0.05, 0) is 56.4 Å². The Morgan fingerprint density at radius 1 is 1.27 bits per heavy atom. The maximum atomic E-state index is 13.4. The molecule has 1 amide bonds. The van der Waals surface area contributed by atoms with E-state index in [1.165, 1.54) is 18.3 Å². The molecule has 0 aromatic carbocycles. The van der Waals surface area contributed by atoms with Gasteiger partial charge < -0.3 is 15.4 Å². The Bertz CT molecular complexity index is 1400. The number of sulfonamides is 1. The van der Waals surface area contributed by atoms with Gasteiger partial charge in [-0.15, -0.1) is 5.10 Å². The van der Waals surface area contributed by atoms with Crippen LogP contribution in [0.3, 0.4) is 0 Å². The summed E-state index contributed by atoms with van der Waals surface area (Å²) < 4.78 is 35.3. The van der Waals surface area contributed by atoms with E-state index in [2.05, 4.69) is 49.4 Å². The fourth-order valence-electron chi connectivity index (χ4n) is 4.18. The molecule has 1 saturated heterocycles. The Morgan fingerprint density at radius 3 is 2.68 bits per heavy atom. The Kier molecular flexibility index (Phi) is 7.13. The molecule has 0 radical (unpaired) electrons. The first-order valence-corrected chi connectivity index (χ1v) is 13.6. The topological polar surface area (TPSA) is 145 Å². The Balaban J connectivity index is 1.72. The van der Waals surface area contributed by atoms with E-state index >= 15 is 0 Å². The number of nitrogen functional groups attached to an aromatic ring is 1. The monoisotopic (exact) mass is 527 g/mol. The van der Waals surface area contributed by atoms with E-state index < -0.39 is 15.9 Å². The smallest absolute Gasteiger partial charge is 0.268 e. The third-order valence-electron chi connectivity index (χ3n) is 6.73. The van der Waals surface area contributed by atoms with Crippen molar-refractivity contribution in [3.63, 3.8) is 0 Å². The summed E-state index contributed by atoms with van der Waals surface area (Å²) in [6.07, 6.45) is 4.01. The molecule has 11 nitrogen and oxygen atoms in total. The molecule has 198 valence electrons. The van der Waals surface area contributed by atoms with E-state index in [4.69, 9.17) is 15.5 Å². The number of amides is 1. The van der Waals surface area contributed by atoms with Gasteiger partial charge in [0.25, 0.3) is 15.9 Å². The predicted molar refractivity (Wildman–Crippen MR) is 140 cm³/mol. The third kappa shape index (κ3) is 5.38. The van der Waals surface area contributed by atoms with Crippen molar-refractivity contribution in [2.24, 2.45) is 11.8 Å². The molecule has 0 bridgehead atoms. The summed E-state index contributed by atoms with van der Waals surface area (Å²) in [5.41, 5.74) is 5.55. The number of carbonyl (C=O) groups excluding carboxylic acids is 1. The molecule has 0 spiro atoms. The van der Waals surface area contributed by atoms with Crippen LogP contribution in [0.2, 0.25) is 0 Å². The largest absolute Gasteiger partial charge is 0.476 e. The van der Waals surface area contributed by atoms with Gasteiger partial charge in [0, 0.05) is 30.5 Å². The zero-order valence-corrected chi connectivity index (χ0v) is 22.5. The van der Waals surface area contributed by atoms with Crippen LogP contribution < -0.4 is 20.1 Å². The number of rotatable bonds is 8. The van der Waals surface area contributed by atoms with Crippen LogP contribution in [-0.4, -0.2) is 52.8 Å². The second kappa shape index (κ2) is 10.0. The molecular formula is C25H33N7O4S. The third-order valence-corrected chi connectivity index (χ3v) is 8.11. The first-order chi connectivity index (χ1) is 17.4. The predicted octanol–water partition coefficient (Wildman–Crippen LogP) is 3.02. The lowest BCUT2D eigenvalue weighted by Gasteiger charge is -2.36. The van der Waals surface area contributed by atoms with E-state index in [1.807, 2.05) is 4.90 Å². The summed E-state index contributed by atoms with van der Waals surface area (Å²) in [5.74, 6) is 0.988. The molecule has 4 heterocycles. The number of nitrogens with two attached hydrogens (primary N) is 1. The second-order valence-corrected chi connectivity index (χ2v) is 11.8. The maximum Gasteiger partial charge on any atom is 0.268 e. The van der Waals surface area contributed by atoms with Gasteiger partial charge in [0.2, 0.25) is 5.88 Å². The summed E-state index contributed by atoms with van der Waals surface area (Å²) in [6.45, 7) is 11.6. The van der Waals surface area contributed by atoms with E-state index in [0.717, 1.165) is 6.42 Å². The molecule has 1 aliphatic heterocycles. The number of anilines is 2. The van der Waals surface area contributed by atoms with Gasteiger partial charge in [0.1, 0.15) is 16.5 Å². The van der Waals surface area contributed by atoms with Crippen LogP contribution in [0.25, 0.3) is 5.82 Å². The lowest BCUT2D eigenvalue weighted by atomic mass is 9.90. The normalized spacial score (nSPS) is 17.2. The van der Waals surface area contributed by atoms with Crippen LogP contribution in [0.15, 0.2) is 47.6 Å². The summed E-state index contributed by atoms with van der Waals surface area (Å²) in [5, 5.41) is 4.45. The molecule has 1 aliphatic rings. The number of aromatic nitrogens is 4. The minimum atomic E-state index is -4.26. The van der Waals surface area contributed by atoms with Crippen LogP contribution in [0, 0.1) is 11.8 Å². The first-order valence-electron chi connectivity index (χ1n) is 12.2. The maximum absolute atomic E-state index is 13.4. The summed E-state index contributed by atoms with van der Waals surface area (Å²) >= 11 is 0. The van der Waals surface area contributed by atoms with Crippen molar-refractivity contribution in [2.75, 3.05) is 23.8 Å². The zero-order valence-electron chi connectivity index (χ0n) is 21.7. The van der Waals surface area contributed by atoms with E-state index in [1.54, 1.807) is 29.1 Å². The number of pyridine rings is 2. The standard InChI is InChI=1S/C25H33N7O4S/c1-16(2)15-36-21-11-14-32(29-21)20-9-8-18(23(28-20)31-13-10-17(3)25(31,4)5)24(33)30-37(34,35)19-7-6-12-27-22(19)26/h6-9,11-12,14,16-17H,10,13,15H2,1-5H3,(H2,26,27)(H,30,33). The van der Waals surface area contributed by atoms with Crippen molar-refractivity contribution in [1.29, 1.82) is 0 Å². The van der Waals surface area contributed by atoms with Gasteiger partial charge in [-0.1, -0.05) is 20.8 Å². The summed E-state index contributed by atoms with van der Waals surface area (Å²) in [7, 11) is -4.26. The molecule has 1 unspecified atom stereocenters. The number of hydrogen-bond donors (Lipinski definition) is 2. The van der Waals surface area contributed by atoms with Crippen molar-refractivity contribution in [1.82, 2.24) is 24.5 Å². The Morgan fingerprint density at radius 2 is 2.03 bits per heavy atom. The molecule has 0 aliphatic carbocycles. The Labute approximate surface area is 217 Å². The first kappa shape index (κ1) is 26.4. The average molecular weight is 528 g/mol. The van der Waals surface area contributed by atoms with Gasteiger partial charge >= 0.3 is 0 Å². The molecule has 0 saturated carbocycles. The Hall–Kier alpha value is -3.67. The summed E-state index contributed by atoms with van der Waals surface area (Å²) in [6, 6.07) is 7.66. The molecule has 37 heavy (non-hydrogen) atoms. The number of nitrogens with zero attached hydrogens (tertiary/aromatic N) is 5. The van der Waals surface area contributed by atoms with Crippen LogP contribution >= 0.6 is 0 Å². The second-order valence-electron chi connectivity index (χ2n) is 10.2. The lowest BCUT2D eigenvalue weighted by Crippen LogP contribution is -2.44. The highest BCUT2D eigenvalue weighted by atomic mass is 32.2. The van der Waals surface area contributed by atoms with Gasteiger partial charge in [0.15, 0.2) is 5.82 Å². The van der Waals surface area contributed by atoms with Gasteiger partial charge in [0.05, 0.1) is 12.2 Å². The van der Waals surface area contributed by atoms with Crippen LogP contribution in [-0.2, 0) is 10.0 Å². The average Bonchev–Trinajstić information content (AvgIpc) is 3.41. The number of hydrogen-bond acceptors (Lipinski definition) is 9. The van der Waals surface area contributed by atoms with E-state index in [-0.39, 0.29) is 21.8 Å². The summed E-state index contributed by atoms with van der Waals surface area (Å²) in [4.78, 5) is 23.7. The van der Waals surface area contributed by atoms with E-state index in [9.17, 15) is 13.2 Å². The zero-order chi connectivity index (χ0) is 27.0. The van der Waals surface area contributed by atoms with Crippen LogP contribution in [0.1, 0.15) is 51.4 Å². The number of ether oxygens (including phenoxy) is 1. The molecule has 3 aromatic rings. The molecular weight excluding hydrogens is 494 g/mol. The molecule has 3 aromatic heterocycles. The van der Waals surface area contributed by atoms with Crippen molar-refractivity contribution in [2.45, 2.75) is 51.5 Å².